The van der Waals surface area contributed by atoms with Gasteiger partial charge in [0.1, 0.15) is 0 Å². The summed E-state index contributed by atoms with van der Waals surface area (Å²) in [5, 5.41) is 8.31. The van der Waals surface area contributed by atoms with Crippen molar-refractivity contribution in [2.24, 2.45) is 0 Å². The molecule has 1 atom stereocenters. The monoisotopic (exact) mass is 176 g/mol. The smallest absolute Gasteiger partial charge is 0.305 e. The lowest BCUT2D eigenvalue weighted by atomic mass is 10.3. The number of carboxylic acids is 1. The molecule has 72 valence electrons. The Morgan fingerprint density at radius 1 is 1.58 bits per heavy atom. The number of aliphatic carboxylic acids is 1. The summed E-state index contributed by atoms with van der Waals surface area (Å²) < 4.78 is 10.1. The number of carboxylic acid groups (broad SMARTS) is 1. The predicted molar refractivity (Wildman–Crippen MR) is 43.9 cm³/mol. The van der Waals surface area contributed by atoms with E-state index in [4.69, 9.17) is 14.6 Å². The number of hydrogen-bond donors (Lipinski definition) is 1. The normalized spacial score (nSPS) is 12.8. The van der Waals surface area contributed by atoms with Crippen molar-refractivity contribution in [1.29, 1.82) is 0 Å². The highest BCUT2D eigenvalue weighted by molar-refractivity contribution is 5.66. The van der Waals surface area contributed by atoms with Crippen molar-refractivity contribution < 1.29 is 19.4 Å². The van der Waals surface area contributed by atoms with Gasteiger partial charge in [-0.1, -0.05) is 13.3 Å². The summed E-state index contributed by atoms with van der Waals surface area (Å²) in [4.78, 5) is 10.1. The Hall–Kier alpha value is -0.610. The Morgan fingerprint density at radius 2 is 2.25 bits per heavy atom. The highest BCUT2D eigenvalue weighted by Gasteiger charge is 2.06. The lowest BCUT2D eigenvalue weighted by Crippen LogP contribution is -2.17. The van der Waals surface area contributed by atoms with Crippen molar-refractivity contribution in [3.63, 3.8) is 0 Å². The van der Waals surface area contributed by atoms with E-state index in [1.165, 1.54) is 0 Å². The number of ether oxygens (including phenoxy) is 2. The fraction of sp³-hybridized carbons (Fsp3) is 0.875. The van der Waals surface area contributed by atoms with E-state index < -0.39 is 5.97 Å². The molecule has 0 aliphatic carbocycles. The van der Waals surface area contributed by atoms with Gasteiger partial charge in [0.15, 0.2) is 6.29 Å². The van der Waals surface area contributed by atoms with Crippen LogP contribution >= 0.6 is 0 Å². The Morgan fingerprint density at radius 3 is 2.67 bits per heavy atom. The van der Waals surface area contributed by atoms with E-state index in [2.05, 4.69) is 0 Å². The second-order valence-corrected chi connectivity index (χ2v) is 2.47. The Balaban J connectivity index is 3.37. The van der Waals surface area contributed by atoms with Crippen molar-refractivity contribution in [1.82, 2.24) is 0 Å². The standard InChI is InChI=1S/C8H16O4/c1-3-4-8(11-2)12-6-5-7(9)10/h8H,3-6H2,1-2H3,(H,9,10). The SMILES string of the molecule is CCCC(OC)OCCC(=O)O. The summed E-state index contributed by atoms with van der Waals surface area (Å²) in [6.45, 7) is 2.24. The van der Waals surface area contributed by atoms with Crippen LogP contribution in [0.15, 0.2) is 0 Å². The number of hydrogen-bond acceptors (Lipinski definition) is 3. The van der Waals surface area contributed by atoms with Crippen molar-refractivity contribution in [2.45, 2.75) is 32.5 Å². The number of carbonyl (C=O) groups is 1. The molecule has 0 saturated heterocycles. The molecule has 0 aromatic carbocycles. The largest absolute Gasteiger partial charge is 0.481 e. The van der Waals surface area contributed by atoms with Crippen LogP contribution in [0, 0.1) is 0 Å². The van der Waals surface area contributed by atoms with Gasteiger partial charge in [-0.15, -0.1) is 0 Å². The summed E-state index contributed by atoms with van der Waals surface area (Å²) in [7, 11) is 1.56. The van der Waals surface area contributed by atoms with Gasteiger partial charge in [0.05, 0.1) is 13.0 Å². The molecule has 4 nitrogen and oxygen atoms in total. The topological polar surface area (TPSA) is 55.8 Å². The highest BCUT2D eigenvalue weighted by Crippen LogP contribution is 2.02. The average molecular weight is 176 g/mol. The van der Waals surface area contributed by atoms with E-state index >= 15 is 0 Å². The van der Waals surface area contributed by atoms with Gasteiger partial charge in [-0.3, -0.25) is 4.79 Å². The molecule has 0 fully saturated rings. The maximum Gasteiger partial charge on any atom is 0.305 e. The maximum atomic E-state index is 10.1. The van der Waals surface area contributed by atoms with Gasteiger partial charge in [-0.05, 0) is 6.42 Å². The summed E-state index contributed by atoms with van der Waals surface area (Å²) in [6, 6.07) is 0. The Kier molecular flexibility index (Phi) is 6.70. The fourth-order valence-electron chi connectivity index (χ4n) is 0.783. The summed E-state index contributed by atoms with van der Waals surface area (Å²) in [5.74, 6) is -0.846. The van der Waals surface area contributed by atoms with Crippen LogP contribution in [-0.4, -0.2) is 31.1 Å². The molecule has 1 unspecified atom stereocenters. The van der Waals surface area contributed by atoms with E-state index in [9.17, 15) is 4.79 Å². The zero-order chi connectivity index (χ0) is 9.40. The molecule has 0 radical (unpaired) electrons. The van der Waals surface area contributed by atoms with Crippen LogP contribution in [0.4, 0.5) is 0 Å². The molecule has 12 heavy (non-hydrogen) atoms. The van der Waals surface area contributed by atoms with Crippen molar-refractivity contribution in [2.75, 3.05) is 13.7 Å². The zero-order valence-electron chi connectivity index (χ0n) is 7.58. The van der Waals surface area contributed by atoms with Crippen molar-refractivity contribution in [3.05, 3.63) is 0 Å². The Labute approximate surface area is 72.5 Å². The molecule has 0 aromatic rings. The lowest BCUT2D eigenvalue weighted by Gasteiger charge is -2.14. The minimum atomic E-state index is -0.846. The molecular weight excluding hydrogens is 160 g/mol. The van der Waals surface area contributed by atoms with E-state index in [0.29, 0.717) is 0 Å². The highest BCUT2D eigenvalue weighted by atomic mass is 16.7. The molecule has 0 spiro atoms. The minimum Gasteiger partial charge on any atom is -0.481 e. The maximum absolute atomic E-state index is 10.1. The van der Waals surface area contributed by atoms with Gasteiger partial charge in [0.2, 0.25) is 0 Å². The van der Waals surface area contributed by atoms with Gasteiger partial charge < -0.3 is 14.6 Å². The van der Waals surface area contributed by atoms with Gasteiger partial charge in [-0.25, -0.2) is 0 Å². The molecule has 0 aliphatic heterocycles. The molecular formula is C8H16O4. The molecule has 0 aromatic heterocycles. The first-order chi connectivity index (χ1) is 5.70. The van der Waals surface area contributed by atoms with Gasteiger partial charge in [0, 0.05) is 7.11 Å². The van der Waals surface area contributed by atoms with Crippen molar-refractivity contribution >= 4 is 5.97 Å². The van der Waals surface area contributed by atoms with Crippen LogP contribution in [0.5, 0.6) is 0 Å². The third-order valence-corrected chi connectivity index (χ3v) is 1.41. The van der Waals surface area contributed by atoms with Crippen LogP contribution in [0.25, 0.3) is 0 Å². The number of rotatable bonds is 7. The molecule has 0 aliphatic rings. The predicted octanol–water partition coefficient (Wildman–Crippen LogP) is 1.25. The lowest BCUT2D eigenvalue weighted by molar-refractivity contribution is -0.147. The van der Waals surface area contributed by atoms with Crippen LogP contribution in [-0.2, 0) is 14.3 Å². The van der Waals surface area contributed by atoms with E-state index in [1.54, 1.807) is 7.11 Å². The second kappa shape index (κ2) is 7.06. The fourth-order valence-corrected chi connectivity index (χ4v) is 0.783. The van der Waals surface area contributed by atoms with Gasteiger partial charge in [0.25, 0.3) is 0 Å². The third kappa shape index (κ3) is 6.12. The van der Waals surface area contributed by atoms with Gasteiger partial charge in [-0.2, -0.15) is 0 Å². The minimum absolute atomic E-state index is 0.0313. The zero-order valence-corrected chi connectivity index (χ0v) is 7.58. The summed E-state index contributed by atoms with van der Waals surface area (Å²) in [6.07, 6.45) is 1.54. The molecule has 0 saturated carbocycles. The first-order valence-electron chi connectivity index (χ1n) is 4.06. The Bertz CT molecular complexity index is 124. The molecule has 0 rings (SSSR count). The first kappa shape index (κ1) is 11.4. The average Bonchev–Trinajstić information content (AvgIpc) is 2.02. The summed E-state index contributed by atoms with van der Waals surface area (Å²) in [5.41, 5.74) is 0. The summed E-state index contributed by atoms with van der Waals surface area (Å²) >= 11 is 0. The van der Waals surface area contributed by atoms with E-state index in [1.807, 2.05) is 6.92 Å². The molecule has 0 bridgehead atoms. The third-order valence-electron chi connectivity index (χ3n) is 1.41. The van der Waals surface area contributed by atoms with Crippen LogP contribution in [0.1, 0.15) is 26.2 Å². The molecule has 0 amide bonds. The second-order valence-electron chi connectivity index (χ2n) is 2.47. The van der Waals surface area contributed by atoms with E-state index in [0.717, 1.165) is 12.8 Å². The quantitative estimate of drug-likeness (QED) is 0.593. The van der Waals surface area contributed by atoms with Crippen molar-refractivity contribution in [3.8, 4) is 0 Å². The van der Waals surface area contributed by atoms with Crippen LogP contribution in [0.3, 0.4) is 0 Å². The first-order valence-corrected chi connectivity index (χ1v) is 4.06. The molecule has 4 heteroatoms. The molecule has 1 N–H and O–H groups in total. The van der Waals surface area contributed by atoms with Crippen LogP contribution in [0.2, 0.25) is 0 Å². The molecule has 0 heterocycles. The van der Waals surface area contributed by atoms with E-state index in [-0.39, 0.29) is 19.3 Å². The van der Waals surface area contributed by atoms with Crippen LogP contribution < -0.4 is 0 Å². The number of methoxy groups -OCH3 is 1. The van der Waals surface area contributed by atoms with Gasteiger partial charge >= 0.3 is 5.97 Å².